The first-order valence-electron chi connectivity index (χ1n) is 20.7. The summed E-state index contributed by atoms with van der Waals surface area (Å²) in [6.07, 6.45) is 7.74. The zero-order valence-corrected chi connectivity index (χ0v) is 36.9. The fourth-order valence-corrected chi connectivity index (χ4v) is 11.1. The Bertz CT molecular complexity index is 2930. The van der Waals surface area contributed by atoms with Crippen LogP contribution in [0.3, 0.4) is 0 Å². The van der Waals surface area contributed by atoms with Gasteiger partial charge < -0.3 is 20.1 Å². The lowest BCUT2D eigenvalue weighted by Crippen LogP contribution is -2.29. The van der Waals surface area contributed by atoms with Crippen molar-refractivity contribution in [3.63, 3.8) is 0 Å². The van der Waals surface area contributed by atoms with Crippen molar-refractivity contribution in [3.8, 4) is 0 Å². The predicted molar refractivity (Wildman–Crippen MR) is 233 cm³/mol. The van der Waals surface area contributed by atoms with E-state index in [0.717, 1.165) is 25.5 Å². The average molecular weight is 897 g/mol. The summed E-state index contributed by atoms with van der Waals surface area (Å²) in [4.78, 5) is 54.5. The second-order valence-electron chi connectivity index (χ2n) is 16.6. The van der Waals surface area contributed by atoms with Crippen molar-refractivity contribution in [2.75, 3.05) is 36.9 Å². The molecule has 0 radical (unpaired) electrons. The Morgan fingerprint density at radius 3 is 1.57 bits per heavy atom. The van der Waals surface area contributed by atoms with E-state index in [0.29, 0.717) is 55.1 Å². The SMILES string of the molecule is Cc1ccc(S(=O)(=O)n2ccc3nc(NCC(=O)C4CC(=O)CC4C)cnc32)cc1.Cc1ccc(S(=O)(=O)n2ccc3nc(NCC(=O)[C@H]4CC5(C[C@H]4C)OCCO5)cnc32)cc1. The van der Waals surface area contributed by atoms with Crippen LogP contribution in [0.15, 0.2) is 95.2 Å². The van der Waals surface area contributed by atoms with E-state index in [1.54, 1.807) is 60.7 Å². The zero-order valence-electron chi connectivity index (χ0n) is 35.2. The van der Waals surface area contributed by atoms with Gasteiger partial charge in [0.25, 0.3) is 20.0 Å². The molecule has 4 atom stereocenters. The van der Waals surface area contributed by atoms with Gasteiger partial charge in [0.1, 0.15) is 28.5 Å². The van der Waals surface area contributed by atoms with E-state index in [-0.39, 0.29) is 75.2 Å². The number of carbonyl (C=O) groups is 3. The summed E-state index contributed by atoms with van der Waals surface area (Å²) in [6, 6.07) is 16.4. The Hall–Kier alpha value is -5.89. The highest BCUT2D eigenvalue weighted by molar-refractivity contribution is 7.90. The molecule has 5 heterocycles. The molecule has 6 aromatic rings. The van der Waals surface area contributed by atoms with E-state index in [1.165, 1.54) is 24.8 Å². The van der Waals surface area contributed by atoms with E-state index in [2.05, 4.69) is 30.6 Å². The van der Waals surface area contributed by atoms with Crippen LogP contribution >= 0.6 is 0 Å². The van der Waals surface area contributed by atoms with Crippen LogP contribution in [0.1, 0.15) is 50.7 Å². The third kappa shape index (κ3) is 9.00. The quantitative estimate of drug-likeness (QED) is 0.159. The summed E-state index contributed by atoms with van der Waals surface area (Å²) < 4.78 is 65.6. The Morgan fingerprint density at radius 1 is 0.667 bits per heavy atom. The maximum atomic E-state index is 13.0. The number of Topliss-reactive ketones (excluding diaryl/α,β-unsaturated/α-hetero) is 3. The monoisotopic (exact) mass is 896 g/mol. The molecule has 63 heavy (non-hydrogen) atoms. The van der Waals surface area contributed by atoms with E-state index in [4.69, 9.17) is 9.47 Å². The van der Waals surface area contributed by atoms with Crippen LogP contribution in [0.5, 0.6) is 0 Å². The van der Waals surface area contributed by atoms with Crippen LogP contribution in [0.2, 0.25) is 0 Å². The van der Waals surface area contributed by atoms with Crippen molar-refractivity contribution in [2.45, 2.75) is 69.0 Å². The van der Waals surface area contributed by atoms with Gasteiger partial charge in [-0.1, -0.05) is 49.2 Å². The normalized spacial score (nSPS) is 20.9. The Balaban J connectivity index is 0.000000174. The molecule has 4 aromatic heterocycles. The minimum atomic E-state index is -3.79. The molecule has 3 aliphatic rings. The van der Waals surface area contributed by atoms with Crippen molar-refractivity contribution in [3.05, 3.63) is 96.6 Å². The standard InChI is InChI=1S/C23H26N4O5S.C21H22N4O4S/c1-15-3-5-17(6-4-15)33(29,30)27-8-7-19-22(27)25-14-21(26-19)24-13-20(28)18-12-23(11-16(18)2)31-9-10-32-23;1-13-3-5-16(6-4-13)30(28,29)25-8-7-18-21(25)23-12-20(24-18)22-11-19(27)17-10-15(26)9-14(17)2/h3-8,14,16,18H,9-13H2,1-2H3,(H,24,26);3-8,12,14,17H,9-11H2,1-2H3,(H,22,24)/t16-,18+;/m1./s1. The number of fused-ring (bicyclic) bond motifs is 2. The second-order valence-corrected chi connectivity index (χ2v) is 20.2. The maximum Gasteiger partial charge on any atom is 0.269 e. The molecule has 1 aliphatic heterocycles. The topological polar surface area (TPSA) is 223 Å². The number of hydrogen-bond acceptors (Lipinski definition) is 15. The molecule has 0 amide bonds. The van der Waals surface area contributed by atoms with Crippen LogP contribution in [0.25, 0.3) is 22.3 Å². The molecule has 2 aromatic carbocycles. The number of anilines is 2. The Morgan fingerprint density at radius 2 is 1.13 bits per heavy atom. The molecule has 2 unspecified atom stereocenters. The average Bonchev–Trinajstić information content (AvgIpc) is 4.11. The molecule has 3 fully saturated rings. The van der Waals surface area contributed by atoms with Crippen LogP contribution in [-0.2, 0) is 43.9 Å². The molecule has 2 aliphatic carbocycles. The summed E-state index contributed by atoms with van der Waals surface area (Å²) in [6.45, 7) is 9.04. The number of nitrogens with zero attached hydrogens (tertiary/aromatic N) is 6. The zero-order chi connectivity index (χ0) is 44.7. The van der Waals surface area contributed by atoms with Gasteiger partial charge in [-0.3, -0.25) is 14.4 Å². The van der Waals surface area contributed by atoms with Gasteiger partial charge in [-0.2, -0.15) is 0 Å². The minimum absolute atomic E-state index is 0.0326. The lowest BCUT2D eigenvalue weighted by Gasteiger charge is -2.21. The Labute approximate surface area is 364 Å². The highest BCUT2D eigenvalue weighted by atomic mass is 32.2. The van der Waals surface area contributed by atoms with Gasteiger partial charge in [-0.05, 0) is 62.1 Å². The lowest BCUT2D eigenvalue weighted by molar-refractivity contribution is -0.155. The summed E-state index contributed by atoms with van der Waals surface area (Å²) in [5.41, 5.74) is 3.20. The van der Waals surface area contributed by atoms with E-state index in [9.17, 15) is 31.2 Å². The third-order valence-corrected chi connectivity index (χ3v) is 15.3. The first-order valence-corrected chi connectivity index (χ1v) is 23.6. The van der Waals surface area contributed by atoms with Gasteiger partial charge in [-0.25, -0.2) is 44.7 Å². The van der Waals surface area contributed by atoms with E-state index < -0.39 is 25.8 Å². The van der Waals surface area contributed by atoms with Gasteiger partial charge in [0.2, 0.25) is 0 Å². The summed E-state index contributed by atoms with van der Waals surface area (Å²) in [5, 5.41) is 5.98. The number of aromatic nitrogens is 6. The summed E-state index contributed by atoms with van der Waals surface area (Å²) in [5.74, 6) is 0.162. The van der Waals surface area contributed by atoms with Gasteiger partial charge in [-0.15, -0.1) is 0 Å². The molecular weight excluding hydrogens is 849 g/mol. The molecule has 17 nitrogen and oxygen atoms in total. The highest BCUT2D eigenvalue weighted by Gasteiger charge is 2.50. The predicted octanol–water partition coefficient (Wildman–Crippen LogP) is 5.32. The first kappa shape index (κ1) is 43.7. The number of rotatable bonds is 12. The fourth-order valence-electron chi connectivity index (χ4n) is 8.48. The smallest absolute Gasteiger partial charge is 0.269 e. The van der Waals surface area contributed by atoms with Gasteiger partial charge >= 0.3 is 0 Å². The summed E-state index contributed by atoms with van der Waals surface area (Å²) in [7, 11) is -7.58. The molecule has 1 saturated heterocycles. The minimum Gasteiger partial charge on any atom is -0.362 e. The van der Waals surface area contributed by atoms with Crippen molar-refractivity contribution in [1.82, 2.24) is 27.9 Å². The van der Waals surface area contributed by atoms with Gasteiger partial charge in [0.15, 0.2) is 28.6 Å². The fraction of sp³-hybridized carbons (Fsp3) is 0.386. The van der Waals surface area contributed by atoms with Crippen molar-refractivity contribution in [1.29, 1.82) is 0 Å². The van der Waals surface area contributed by atoms with Crippen LogP contribution < -0.4 is 10.6 Å². The molecule has 330 valence electrons. The highest BCUT2D eigenvalue weighted by Crippen LogP contribution is 2.45. The van der Waals surface area contributed by atoms with Gasteiger partial charge in [0, 0.05) is 49.9 Å². The van der Waals surface area contributed by atoms with E-state index in [1.807, 2.05) is 27.7 Å². The molecule has 0 bridgehead atoms. The molecule has 2 N–H and O–H groups in total. The molecule has 19 heteroatoms. The van der Waals surface area contributed by atoms with Crippen LogP contribution in [0, 0.1) is 37.5 Å². The number of hydrogen-bond donors (Lipinski definition) is 2. The molecule has 9 rings (SSSR count). The number of ether oxygens (including phenoxy) is 2. The van der Waals surface area contributed by atoms with Crippen molar-refractivity contribution in [2.24, 2.45) is 23.7 Å². The number of carbonyl (C=O) groups excluding carboxylic acids is 3. The van der Waals surface area contributed by atoms with Crippen LogP contribution in [0.4, 0.5) is 11.6 Å². The van der Waals surface area contributed by atoms with Crippen molar-refractivity contribution < 1.29 is 40.7 Å². The Kier molecular flexibility index (Phi) is 12.0. The second kappa shape index (κ2) is 17.3. The lowest BCUT2D eigenvalue weighted by atomic mass is 9.93. The third-order valence-electron chi connectivity index (χ3n) is 11.9. The largest absolute Gasteiger partial charge is 0.362 e. The first-order chi connectivity index (χ1) is 30.0. The number of nitrogens with one attached hydrogen (secondary N) is 2. The number of aryl methyl sites for hydroxylation is 2. The number of benzene rings is 2. The van der Waals surface area contributed by atoms with Gasteiger partial charge in [0.05, 0.1) is 48.5 Å². The molecule has 1 spiro atoms. The summed E-state index contributed by atoms with van der Waals surface area (Å²) >= 11 is 0. The number of ketones is 3. The molecule has 2 saturated carbocycles. The van der Waals surface area contributed by atoms with Crippen molar-refractivity contribution >= 4 is 71.4 Å². The van der Waals surface area contributed by atoms with Crippen LogP contribution in [-0.4, -0.2) is 94.2 Å². The maximum absolute atomic E-state index is 13.0. The molecular formula is C44H48N8O9S2. The van der Waals surface area contributed by atoms with E-state index >= 15 is 0 Å².